The maximum atomic E-state index is 13.8. The molecule has 3 rings (SSSR count). The minimum absolute atomic E-state index is 0.176. The number of carbonyl (C=O) groups excluding carboxylic acids is 1. The molecule has 1 aliphatic rings. The quantitative estimate of drug-likeness (QED) is 0.866. The standard InChI is InChI=1S/C20H21FO4/c1-3-25-19(22)12-20(23)11-13-4-6-17(24-2)10-14(13)8-15-9-16(21)5-7-18(15)20/h4-7,9-10,23H,3,8,11-12H2,1-2H3. The second-order valence-electron chi connectivity index (χ2n) is 6.30. The lowest BCUT2D eigenvalue weighted by Gasteiger charge is -2.28. The van der Waals surface area contributed by atoms with Crippen molar-refractivity contribution < 1.29 is 23.8 Å². The Bertz CT molecular complexity index is 802. The third-order valence-corrected chi connectivity index (χ3v) is 4.59. The van der Waals surface area contributed by atoms with E-state index in [2.05, 4.69) is 0 Å². The molecule has 0 amide bonds. The molecule has 1 N–H and O–H groups in total. The van der Waals surface area contributed by atoms with E-state index in [0.717, 1.165) is 11.1 Å². The van der Waals surface area contributed by atoms with E-state index in [9.17, 15) is 14.3 Å². The summed E-state index contributed by atoms with van der Waals surface area (Å²) in [5.74, 6) is -0.145. The zero-order valence-electron chi connectivity index (χ0n) is 14.3. The predicted molar refractivity (Wildman–Crippen MR) is 91.1 cm³/mol. The van der Waals surface area contributed by atoms with Crippen LogP contribution < -0.4 is 4.74 Å². The molecule has 1 unspecified atom stereocenters. The normalized spacial score (nSPS) is 18.7. The average molecular weight is 344 g/mol. The fourth-order valence-electron chi connectivity index (χ4n) is 3.45. The number of methoxy groups -OCH3 is 1. The van der Waals surface area contributed by atoms with Gasteiger partial charge in [-0.05, 0) is 59.9 Å². The SMILES string of the molecule is CCOC(=O)CC1(O)Cc2ccc(OC)cc2Cc2cc(F)ccc21. The van der Waals surface area contributed by atoms with Gasteiger partial charge in [0.1, 0.15) is 17.2 Å². The highest BCUT2D eigenvalue weighted by molar-refractivity contribution is 5.71. The predicted octanol–water partition coefficient (Wildman–Crippen LogP) is 3.12. The molecule has 4 nitrogen and oxygen atoms in total. The molecular formula is C20H21FO4. The van der Waals surface area contributed by atoms with Crippen LogP contribution in [-0.2, 0) is 28.0 Å². The van der Waals surface area contributed by atoms with Gasteiger partial charge in [-0.1, -0.05) is 12.1 Å². The first-order valence-corrected chi connectivity index (χ1v) is 8.28. The van der Waals surface area contributed by atoms with E-state index < -0.39 is 11.6 Å². The smallest absolute Gasteiger partial charge is 0.309 e. The van der Waals surface area contributed by atoms with Crippen molar-refractivity contribution in [3.8, 4) is 5.75 Å². The van der Waals surface area contributed by atoms with Gasteiger partial charge in [0.25, 0.3) is 0 Å². The lowest BCUT2D eigenvalue weighted by Crippen LogP contribution is -2.32. The number of esters is 1. The second kappa shape index (κ2) is 6.84. The van der Waals surface area contributed by atoms with Crippen molar-refractivity contribution in [3.05, 3.63) is 64.5 Å². The number of halogens is 1. The molecule has 1 atom stereocenters. The third-order valence-electron chi connectivity index (χ3n) is 4.59. The van der Waals surface area contributed by atoms with Crippen molar-refractivity contribution in [3.63, 3.8) is 0 Å². The summed E-state index contributed by atoms with van der Waals surface area (Å²) < 4.78 is 24.1. The van der Waals surface area contributed by atoms with Crippen LogP contribution in [0, 0.1) is 5.82 Å². The first kappa shape index (κ1) is 17.4. The molecule has 132 valence electrons. The van der Waals surface area contributed by atoms with Gasteiger partial charge in [0.05, 0.1) is 20.1 Å². The van der Waals surface area contributed by atoms with E-state index in [-0.39, 0.29) is 25.3 Å². The Hall–Kier alpha value is -2.40. The Balaban J connectivity index is 2.10. The van der Waals surface area contributed by atoms with Gasteiger partial charge >= 0.3 is 5.97 Å². The van der Waals surface area contributed by atoms with Crippen LogP contribution >= 0.6 is 0 Å². The highest BCUT2D eigenvalue weighted by atomic mass is 19.1. The summed E-state index contributed by atoms with van der Waals surface area (Å²) >= 11 is 0. The van der Waals surface area contributed by atoms with Crippen LogP contribution in [0.1, 0.15) is 35.6 Å². The molecule has 1 aliphatic carbocycles. The van der Waals surface area contributed by atoms with E-state index in [1.54, 1.807) is 20.1 Å². The van der Waals surface area contributed by atoms with Crippen molar-refractivity contribution >= 4 is 5.97 Å². The van der Waals surface area contributed by atoms with Crippen LogP contribution in [0.4, 0.5) is 4.39 Å². The van der Waals surface area contributed by atoms with Crippen LogP contribution in [0.15, 0.2) is 36.4 Å². The number of rotatable bonds is 4. The van der Waals surface area contributed by atoms with Crippen molar-refractivity contribution in [1.82, 2.24) is 0 Å². The van der Waals surface area contributed by atoms with Gasteiger partial charge in [-0.2, -0.15) is 0 Å². The molecule has 0 fully saturated rings. The minimum Gasteiger partial charge on any atom is -0.497 e. The number of carbonyl (C=O) groups is 1. The van der Waals surface area contributed by atoms with Gasteiger partial charge < -0.3 is 14.6 Å². The number of benzene rings is 2. The molecule has 25 heavy (non-hydrogen) atoms. The topological polar surface area (TPSA) is 55.8 Å². The second-order valence-corrected chi connectivity index (χ2v) is 6.30. The van der Waals surface area contributed by atoms with Crippen molar-refractivity contribution in [1.29, 1.82) is 0 Å². The van der Waals surface area contributed by atoms with Crippen molar-refractivity contribution in [2.75, 3.05) is 13.7 Å². The Kier molecular flexibility index (Phi) is 4.77. The van der Waals surface area contributed by atoms with Crippen molar-refractivity contribution in [2.45, 2.75) is 31.8 Å². The van der Waals surface area contributed by atoms with E-state index in [0.29, 0.717) is 23.3 Å². The monoisotopic (exact) mass is 344 g/mol. The molecule has 0 saturated heterocycles. The molecule has 0 aliphatic heterocycles. The van der Waals surface area contributed by atoms with E-state index in [1.807, 2.05) is 18.2 Å². The maximum absolute atomic E-state index is 13.8. The Morgan fingerprint density at radius 3 is 2.72 bits per heavy atom. The number of hydrogen-bond donors (Lipinski definition) is 1. The molecule has 0 heterocycles. The fourth-order valence-corrected chi connectivity index (χ4v) is 3.45. The van der Waals surface area contributed by atoms with E-state index >= 15 is 0 Å². The summed E-state index contributed by atoms with van der Waals surface area (Å²) in [6.07, 6.45) is 0.541. The molecule has 0 aromatic heterocycles. The first-order chi connectivity index (χ1) is 11.9. The summed E-state index contributed by atoms with van der Waals surface area (Å²) in [7, 11) is 1.59. The zero-order valence-corrected chi connectivity index (χ0v) is 14.3. The highest BCUT2D eigenvalue weighted by Gasteiger charge is 2.37. The largest absolute Gasteiger partial charge is 0.497 e. The minimum atomic E-state index is -1.44. The number of hydrogen-bond acceptors (Lipinski definition) is 4. The van der Waals surface area contributed by atoms with Gasteiger partial charge in [0, 0.05) is 6.42 Å². The fraction of sp³-hybridized carbons (Fsp3) is 0.350. The van der Waals surface area contributed by atoms with Crippen LogP contribution in [0.5, 0.6) is 5.75 Å². The number of aliphatic hydroxyl groups is 1. The van der Waals surface area contributed by atoms with Crippen LogP contribution in [0.25, 0.3) is 0 Å². The van der Waals surface area contributed by atoms with Crippen molar-refractivity contribution in [2.24, 2.45) is 0 Å². The van der Waals surface area contributed by atoms with Crippen LogP contribution in [0.3, 0.4) is 0 Å². The Labute approximate surface area is 146 Å². The summed E-state index contributed by atoms with van der Waals surface area (Å²) in [6, 6.07) is 9.88. The number of ether oxygens (including phenoxy) is 2. The van der Waals surface area contributed by atoms with Crippen LogP contribution in [0.2, 0.25) is 0 Å². The lowest BCUT2D eigenvalue weighted by molar-refractivity contribution is -0.149. The van der Waals surface area contributed by atoms with Gasteiger partial charge in [0.15, 0.2) is 0 Å². The first-order valence-electron chi connectivity index (χ1n) is 8.28. The summed E-state index contributed by atoms with van der Waals surface area (Å²) in [4.78, 5) is 12.0. The third kappa shape index (κ3) is 3.51. The average Bonchev–Trinajstić information content (AvgIpc) is 2.67. The summed E-state index contributed by atoms with van der Waals surface area (Å²) in [5.41, 5.74) is 1.65. The zero-order chi connectivity index (χ0) is 18.0. The van der Waals surface area contributed by atoms with Gasteiger partial charge in [-0.25, -0.2) is 4.39 Å². The lowest BCUT2D eigenvalue weighted by atomic mass is 9.84. The van der Waals surface area contributed by atoms with Gasteiger partial charge in [-0.15, -0.1) is 0 Å². The maximum Gasteiger partial charge on any atom is 0.309 e. The van der Waals surface area contributed by atoms with E-state index in [1.165, 1.54) is 12.1 Å². The molecule has 0 saturated carbocycles. The molecule has 2 aromatic rings. The molecule has 0 bridgehead atoms. The molecule has 0 spiro atoms. The van der Waals surface area contributed by atoms with Gasteiger partial charge in [-0.3, -0.25) is 4.79 Å². The Morgan fingerprint density at radius 1 is 1.20 bits per heavy atom. The Morgan fingerprint density at radius 2 is 2.00 bits per heavy atom. The van der Waals surface area contributed by atoms with E-state index in [4.69, 9.17) is 9.47 Å². The molecule has 0 radical (unpaired) electrons. The molecule has 5 heteroatoms. The summed E-state index contributed by atoms with van der Waals surface area (Å²) in [6.45, 7) is 1.97. The highest BCUT2D eigenvalue weighted by Crippen LogP contribution is 2.38. The molecular weight excluding hydrogens is 323 g/mol. The summed E-state index contributed by atoms with van der Waals surface area (Å²) in [5, 5.41) is 11.3. The number of fused-ring (bicyclic) bond motifs is 2. The van der Waals surface area contributed by atoms with Gasteiger partial charge in [0.2, 0.25) is 0 Å². The molecule has 2 aromatic carbocycles. The van der Waals surface area contributed by atoms with Crippen LogP contribution in [-0.4, -0.2) is 24.8 Å².